The van der Waals surface area contributed by atoms with Gasteiger partial charge in [-0.2, -0.15) is 5.26 Å². The summed E-state index contributed by atoms with van der Waals surface area (Å²) in [6, 6.07) is 11.6. The van der Waals surface area contributed by atoms with Gasteiger partial charge in [0.25, 0.3) is 5.56 Å². The number of carboxylic acid groups (broad SMARTS) is 1. The lowest BCUT2D eigenvalue weighted by Crippen LogP contribution is -2.21. The zero-order chi connectivity index (χ0) is 21.3. The quantitative estimate of drug-likeness (QED) is 0.696. The van der Waals surface area contributed by atoms with Gasteiger partial charge in [0.2, 0.25) is 0 Å². The number of hydrogen-bond donors (Lipinski definition) is 1. The van der Waals surface area contributed by atoms with Gasteiger partial charge in [-0.25, -0.2) is 9.78 Å². The van der Waals surface area contributed by atoms with E-state index in [0.29, 0.717) is 41.2 Å². The van der Waals surface area contributed by atoms with Crippen molar-refractivity contribution in [1.29, 1.82) is 5.26 Å². The van der Waals surface area contributed by atoms with Crippen LogP contribution in [0.3, 0.4) is 0 Å². The summed E-state index contributed by atoms with van der Waals surface area (Å²) in [7, 11) is 1.52. The van der Waals surface area contributed by atoms with Crippen molar-refractivity contribution in [1.82, 2.24) is 9.55 Å². The van der Waals surface area contributed by atoms with E-state index in [1.54, 1.807) is 16.7 Å². The standard InChI is InChI=1S/C22H17N3O5/c1-29-19-11-13(2-5-18(19)30-9-7-23)10-14-6-8-25-20(14)24-17-12-15(22(27)28)3-4-16(17)21(25)26/h2-5,10-12H,6,8-9H2,1H3,(H,27,28)/b14-10+. The number of ether oxygens (including phenoxy) is 2. The van der Waals surface area contributed by atoms with Crippen LogP contribution in [0, 0.1) is 11.3 Å². The Labute approximate surface area is 171 Å². The van der Waals surface area contributed by atoms with E-state index in [2.05, 4.69) is 4.98 Å². The van der Waals surface area contributed by atoms with Crippen LogP contribution < -0.4 is 15.0 Å². The predicted octanol–water partition coefficient (Wildman–Crippen LogP) is 2.95. The third kappa shape index (κ3) is 3.37. The van der Waals surface area contributed by atoms with Crippen LogP contribution in [0.5, 0.6) is 11.5 Å². The molecule has 1 aliphatic rings. The van der Waals surface area contributed by atoms with E-state index in [1.807, 2.05) is 18.2 Å². The summed E-state index contributed by atoms with van der Waals surface area (Å²) in [5.74, 6) is 0.418. The summed E-state index contributed by atoms with van der Waals surface area (Å²) < 4.78 is 12.3. The number of methoxy groups -OCH3 is 1. The molecule has 0 radical (unpaired) electrons. The lowest BCUT2D eigenvalue weighted by atomic mass is 10.1. The SMILES string of the molecule is COc1cc(/C=C2\CCn3c2nc2cc(C(=O)O)ccc2c3=O)ccc1OCC#N. The zero-order valence-corrected chi connectivity index (χ0v) is 16.1. The summed E-state index contributed by atoms with van der Waals surface area (Å²) in [6.07, 6.45) is 2.54. The van der Waals surface area contributed by atoms with E-state index < -0.39 is 5.97 Å². The van der Waals surface area contributed by atoms with Gasteiger partial charge in [0.05, 0.1) is 23.6 Å². The molecule has 1 N–H and O–H groups in total. The van der Waals surface area contributed by atoms with Crippen LogP contribution in [0.1, 0.15) is 28.2 Å². The molecule has 1 aromatic heterocycles. The van der Waals surface area contributed by atoms with Crippen LogP contribution in [-0.2, 0) is 6.54 Å². The molecule has 4 rings (SSSR count). The second-order valence-electron chi connectivity index (χ2n) is 6.71. The number of allylic oxidation sites excluding steroid dienone is 1. The third-order valence-corrected chi connectivity index (χ3v) is 4.92. The maximum absolute atomic E-state index is 12.8. The lowest BCUT2D eigenvalue weighted by molar-refractivity contribution is 0.0697. The number of rotatable bonds is 5. The number of hydrogen-bond acceptors (Lipinski definition) is 6. The number of benzene rings is 2. The van der Waals surface area contributed by atoms with Gasteiger partial charge in [-0.15, -0.1) is 0 Å². The Balaban J connectivity index is 1.78. The van der Waals surface area contributed by atoms with E-state index in [0.717, 1.165) is 11.1 Å². The Bertz CT molecular complexity index is 1300. The van der Waals surface area contributed by atoms with Crippen LogP contribution in [0.4, 0.5) is 0 Å². The molecule has 0 atom stereocenters. The first-order valence-corrected chi connectivity index (χ1v) is 9.18. The molecular formula is C22H17N3O5. The number of fused-ring (bicyclic) bond motifs is 2. The molecule has 2 aromatic carbocycles. The maximum atomic E-state index is 12.8. The molecular weight excluding hydrogens is 386 g/mol. The number of nitrogens with zero attached hydrogens (tertiary/aromatic N) is 3. The highest BCUT2D eigenvalue weighted by Gasteiger charge is 2.21. The first-order chi connectivity index (χ1) is 14.5. The van der Waals surface area contributed by atoms with Crippen molar-refractivity contribution in [2.45, 2.75) is 13.0 Å². The average Bonchev–Trinajstić information content (AvgIpc) is 3.15. The van der Waals surface area contributed by atoms with E-state index >= 15 is 0 Å². The molecule has 0 fully saturated rings. The Morgan fingerprint density at radius 1 is 1.30 bits per heavy atom. The Morgan fingerprint density at radius 2 is 2.13 bits per heavy atom. The number of carbonyl (C=O) groups is 1. The van der Waals surface area contributed by atoms with Gasteiger partial charge in [-0.05, 0) is 54.0 Å². The first kappa shape index (κ1) is 19.2. The second kappa shape index (κ2) is 7.72. The van der Waals surface area contributed by atoms with E-state index in [4.69, 9.17) is 14.7 Å². The van der Waals surface area contributed by atoms with Crippen molar-refractivity contribution in [3.63, 3.8) is 0 Å². The molecule has 2 heterocycles. The van der Waals surface area contributed by atoms with E-state index in [-0.39, 0.29) is 17.7 Å². The van der Waals surface area contributed by atoms with E-state index in [1.165, 1.54) is 25.3 Å². The fraction of sp³-hybridized carbons (Fsp3) is 0.182. The third-order valence-electron chi connectivity index (χ3n) is 4.92. The fourth-order valence-corrected chi connectivity index (χ4v) is 3.49. The highest BCUT2D eigenvalue weighted by atomic mass is 16.5. The zero-order valence-electron chi connectivity index (χ0n) is 16.1. The highest BCUT2D eigenvalue weighted by molar-refractivity contribution is 5.93. The molecule has 1 aliphatic heterocycles. The molecule has 0 spiro atoms. The molecule has 30 heavy (non-hydrogen) atoms. The minimum absolute atomic E-state index is 0.0809. The predicted molar refractivity (Wildman–Crippen MR) is 110 cm³/mol. The van der Waals surface area contributed by atoms with Crippen molar-refractivity contribution < 1.29 is 19.4 Å². The Hall–Kier alpha value is -4.12. The van der Waals surface area contributed by atoms with Crippen LogP contribution in [0.2, 0.25) is 0 Å². The monoisotopic (exact) mass is 403 g/mol. The van der Waals surface area contributed by atoms with Gasteiger partial charge in [-0.3, -0.25) is 9.36 Å². The van der Waals surface area contributed by atoms with Gasteiger partial charge in [0, 0.05) is 6.54 Å². The lowest BCUT2D eigenvalue weighted by Gasteiger charge is -2.09. The first-order valence-electron chi connectivity index (χ1n) is 9.18. The van der Waals surface area contributed by atoms with Crippen LogP contribution in [0.15, 0.2) is 41.2 Å². The van der Waals surface area contributed by atoms with Crippen molar-refractivity contribution in [2.24, 2.45) is 0 Å². The van der Waals surface area contributed by atoms with Crippen LogP contribution in [-0.4, -0.2) is 34.3 Å². The molecule has 150 valence electrons. The normalized spacial score (nSPS) is 13.8. The van der Waals surface area contributed by atoms with Gasteiger partial charge in [0.15, 0.2) is 18.1 Å². The smallest absolute Gasteiger partial charge is 0.335 e. The number of carboxylic acids is 1. The molecule has 3 aromatic rings. The van der Waals surface area contributed by atoms with Crippen molar-refractivity contribution >= 4 is 28.5 Å². The number of aromatic nitrogens is 2. The molecule has 0 saturated carbocycles. The van der Waals surface area contributed by atoms with Gasteiger partial charge < -0.3 is 14.6 Å². The van der Waals surface area contributed by atoms with E-state index in [9.17, 15) is 14.7 Å². The molecule has 0 amide bonds. The minimum atomic E-state index is -1.07. The van der Waals surface area contributed by atoms with Gasteiger partial charge in [0.1, 0.15) is 11.9 Å². The minimum Gasteiger partial charge on any atom is -0.493 e. The van der Waals surface area contributed by atoms with Crippen molar-refractivity contribution in [3.8, 4) is 17.6 Å². The summed E-state index contributed by atoms with van der Waals surface area (Å²) in [5, 5.41) is 18.3. The Morgan fingerprint density at radius 3 is 2.87 bits per heavy atom. The summed E-state index contributed by atoms with van der Waals surface area (Å²) in [6.45, 7) is 0.423. The topological polar surface area (TPSA) is 114 Å². The fourth-order valence-electron chi connectivity index (χ4n) is 3.49. The van der Waals surface area contributed by atoms with Gasteiger partial charge in [-0.1, -0.05) is 6.07 Å². The molecule has 0 aliphatic carbocycles. The average molecular weight is 403 g/mol. The summed E-state index contributed by atoms with van der Waals surface area (Å²) >= 11 is 0. The van der Waals surface area contributed by atoms with Gasteiger partial charge >= 0.3 is 5.97 Å². The van der Waals surface area contributed by atoms with Crippen molar-refractivity contribution in [3.05, 3.63) is 63.7 Å². The second-order valence-corrected chi connectivity index (χ2v) is 6.71. The van der Waals surface area contributed by atoms with Crippen LogP contribution in [0.25, 0.3) is 22.6 Å². The summed E-state index contributed by atoms with van der Waals surface area (Å²) in [4.78, 5) is 28.7. The highest BCUT2D eigenvalue weighted by Crippen LogP contribution is 2.32. The molecule has 0 unspecified atom stereocenters. The molecule has 0 saturated heterocycles. The largest absolute Gasteiger partial charge is 0.493 e. The Kier molecular flexibility index (Phi) is 4.94. The summed E-state index contributed by atoms with van der Waals surface area (Å²) in [5.41, 5.74) is 1.95. The van der Waals surface area contributed by atoms with Crippen LogP contribution >= 0.6 is 0 Å². The number of aromatic carboxylic acids is 1. The molecule has 8 nitrogen and oxygen atoms in total. The molecule has 8 heteroatoms. The maximum Gasteiger partial charge on any atom is 0.335 e. The number of nitriles is 1. The van der Waals surface area contributed by atoms with Crippen molar-refractivity contribution in [2.75, 3.05) is 13.7 Å². The molecule has 0 bridgehead atoms.